The van der Waals surface area contributed by atoms with Gasteiger partial charge in [0.2, 0.25) is 0 Å². The van der Waals surface area contributed by atoms with E-state index >= 15 is 0 Å². The molecule has 1 aromatic rings. The first-order valence-corrected chi connectivity index (χ1v) is 6.02. The Kier molecular flexibility index (Phi) is 4.72. The Bertz CT molecular complexity index is 448. The van der Waals surface area contributed by atoms with Crippen molar-refractivity contribution in [3.8, 4) is 0 Å². The van der Waals surface area contributed by atoms with Crippen LogP contribution in [-0.4, -0.2) is 16.1 Å². The van der Waals surface area contributed by atoms with Crippen molar-refractivity contribution in [1.29, 1.82) is 0 Å². The maximum absolute atomic E-state index is 12.8. The highest BCUT2D eigenvalue weighted by molar-refractivity contribution is 9.10. The summed E-state index contributed by atoms with van der Waals surface area (Å²) in [6.07, 6.45) is -2.86. The number of carboxylic acids is 1. The summed E-state index contributed by atoms with van der Waals surface area (Å²) in [5.74, 6) is -2.53. The summed E-state index contributed by atoms with van der Waals surface area (Å²) in [5.41, 5.74) is -1.43. The fraction of sp³-hybridized carbons (Fsp3) is 0.455. The highest BCUT2D eigenvalue weighted by Gasteiger charge is 2.38. The van der Waals surface area contributed by atoms with Crippen molar-refractivity contribution in [2.45, 2.75) is 31.9 Å². The molecular formula is C11H11BrF3NO2. The van der Waals surface area contributed by atoms with Crippen LogP contribution in [0.4, 0.5) is 13.2 Å². The predicted molar refractivity (Wildman–Crippen MR) is 62.2 cm³/mol. The van der Waals surface area contributed by atoms with Gasteiger partial charge >= 0.3 is 12.1 Å². The van der Waals surface area contributed by atoms with E-state index in [0.29, 0.717) is 6.42 Å². The number of carbonyl (C=O) groups is 1. The summed E-state index contributed by atoms with van der Waals surface area (Å²) >= 11 is 2.90. The summed E-state index contributed by atoms with van der Waals surface area (Å²) in [7, 11) is 0. The molecule has 0 aliphatic heterocycles. The third kappa shape index (κ3) is 3.44. The molecule has 0 aromatic carbocycles. The van der Waals surface area contributed by atoms with Crippen molar-refractivity contribution >= 4 is 21.9 Å². The monoisotopic (exact) mass is 325 g/mol. The second kappa shape index (κ2) is 5.69. The van der Waals surface area contributed by atoms with Crippen molar-refractivity contribution in [2.24, 2.45) is 0 Å². The number of halogens is 4. The Labute approximate surface area is 110 Å². The molecule has 0 aliphatic rings. The SMILES string of the molecule is CCCC(C(=O)O)c1ncc(Br)cc1C(F)(F)F. The van der Waals surface area contributed by atoms with Crippen LogP contribution < -0.4 is 0 Å². The van der Waals surface area contributed by atoms with E-state index in [-0.39, 0.29) is 10.9 Å². The van der Waals surface area contributed by atoms with E-state index < -0.39 is 29.3 Å². The molecular weight excluding hydrogens is 315 g/mol. The van der Waals surface area contributed by atoms with E-state index in [1.54, 1.807) is 6.92 Å². The standard InChI is InChI=1S/C11H11BrF3NO2/c1-2-3-7(10(17)18)9-8(11(13,14)15)4-6(12)5-16-9/h4-5,7H,2-3H2,1H3,(H,17,18). The Morgan fingerprint density at radius 2 is 2.17 bits per heavy atom. The number of rotatable bonds is 4. The van der Waals surface area contributed by atoms with Crippen LogP contribution in [0.15, 0.2) is 16.7 Å². The minimum absolute atomic E-state index is 0.118. The van der Waals surface area contributed by atoms with Crippen molar-refractivity contribution in [2.75, 3.05) is 0 Å². The van der Waals surface area contributed by atoms with Gasteiger partial charge in [0, 0.05) is 10.7 Å². The van der Waals surface area contributed by atoms with Crippen LogP contribution in [0.3, 0.4) is 0 Å². The van der Waals surface area contributed by atoms with Gasteiger partial charge in [-0.05, 0) is 28.4 Å². The highest BCUT2D eigenvalue weighted by atomic mass is 79.9. The summed E-state index contributed by atoms with van der Waals surface area (Å²) in [6, 6.07) is 0.855. The number of hydrogen-bond acceptors (Lipinski definition) is 2. The minimum Gasteiger partial charge on any atom is -0.481 e. The van der Waals surface area contributed by atoms with Crippen LogP contribution in [0.5, 0.6) is 0 Å². The van der Waals surface area contributed by atoms with Gasteiger partial charge in [-0.2, -0.15) is 13.2 Å². The summed E-state index contributed by atoms with van der Waals surface area (Å²) in [5, 5.41) is 9.00. The van der Waals surface area contributed by atoms with Crippen LogP contribution in [0.2, 0.25) is 0 Å². The Balaban J connectivity index is 3.33. The molecule has 0 fully saturated rings. The topological polar surface area (TPSA) is 50.2 Å². The molecule has 0 radical (unpaired) electrons. The largest absolute Gasteiger partial charge is 0.481 e. The zero-order chi connectivity index (χ0) is 13.9. The summed E-state index contributed by atoms with van der Waals surface area (Å²) < 4.78 is 38.7. The average Bonchev–Trinajstić information content (AvgIpc) is 2.24. The van der Waals surface area contributed by atoms with Gasteiger partial charge in [0.15, 0.2) is 0 Å². The van der Waals surface area contributed by atoms with E-state index in [2.05, 4.69) is 20.9 Å². The number of hydrogen-bond donors (Lipinski definition) is 1. The molecule has 0 spiro atoms. The van der Waals surface area contributed by atoms with E-state index in [1.165, 1.54) is 6.20 Å². The van der Waals surface area contributed by atoms with Crippen molar-refractivity contribution < 1.29 is 23.1 Å². The first kappa shape index (κ1) is 14.9. The number of carboxylic acid groups (broad SMARTS) is 1. The van der Waals surface area contributed by atoms with E-state index in [1.807, 2.05) is 0 Å². The first-order valence-electron chi connectivity index (χ1n) is 5.22. The van der Waals surface area contributed by atoms with E-state index in [9.17, 15) is 18.0 Å². The number of aromatic nitrogens is 1. The number of aliphatic carboxylic acids is 1. The maximum Gasteiger partial charge on any atom is 0.418 e. The van der Waals surface area contributed by atoms with Gasteiger partial charge in [0.05, 0.1) is 17.2 Å². The minimum atomic E-state index is -4.62. The molecule has 1 atom stereocenters. The molecule has 3 nitrogen and oxygen atoms in total. The zero-order valence-electron chi connectivity index (χ0n) is 9.46. The summed E-state index contributed by atoms with van der Waals surface area (Å²) in [4.78, 5) is 14.7. The molecule has 1 unspecified atom stereocenters. The molecule has 1 aromatic heterocycles. The molecule has 0 saturated carbocycles. The zero-order valence-corrected chi connectivity index (χ0v) is 11.0. The van der Waals surface area contributed by atoms with Crippen LogP contribution in [0.25, 0.3) is 0 Å². The van der Waals surface area contributed by atoms with Gasteiger partial charge in [-0.3, -0.25) is 9.78 Å². The molecule has 0 aliphatic carbocycles. The second-order valence-corrected chi connectivity index (χ2v) is 4.68. The van der Waals surface area contributed by atoms with E-state index in [4.69, 9.17) is 5.11 Å². The Hall–Kier alpha value is -1.11. The molecule has 1 heterocycles. The van der Waals surface area contributed by atoms with Crippen molar-refractivity contribution in [1.82, 2.24) is 4.98 Å². The lowest BCUT2D eigenvalue weighted by atomic mass is 9.95. The smallest absolute Gasteiger partial charge is 0.418 e. The molecule has 0 bridgehead atoms. The van der Waals surface area contributed by atoms with Crippen LogP contribution in [0, 0.1) is 0 Å². The number of nitrogens with zero attached hydrogens (tertiary/aromatic N) is 1. The van der Waals surface area contributed by atoms with E-state index in [0.717, 1.165) is 6.07 Å². The van der Waals surface area contributed by atoms with Gasteiger partial charge in [-0.15, -0.1) is 0 Å². The van der Waals surface area contributed by atoms with Crippen LogP contribution in [0.1, 0.15) is 36.9 Å². The molecule has 1 N–H and O–H groups in total. The van der Waals surface area contributed by atoms with Crippen LogP contribution >= 0.6 is 15.9 Å². The van der Waals surface area contributed by atoms with Gasteiger partial charge in [0.1, 0.15) is 0 Å². The van der Waals surface area contributed by atoms with Gasteiger partial charge in [-0.25, -0.2) is 0 Å². The fourth-order valence-electron chi connectivity index (χ4n) is 1.62. The third-order valence-corrected chi connectivity index (χ3v) is 2.83. The molecule has 100 valence electrons. The second-order valence-electron chi connectivity index (χ2n) is 3.76. The molecule has 1 rings (SSSR count). The average molecular weight is 326 g/mol. The highest BCUT2D eigenvalue weighted by Crippen LogP contribution is 2.36. The van der Waals surface area contributed by atoms with Crippen LogP contribution in [-0.2, 0) is 11.0 Å². The lowest BCUT2D eigenvalue weighted by Crippen LogP contribution is -2.19. The van der Waals surface area contributed by atoms with Gasteiger partial charge < -0.3 is 5.11 Å². The lowest BCUT2D eigenvalue weighted by Gasteiger charge is -2.17. The maximum atomic E-state index is 12.8. The molecule has 0 amide bonds. The summed E-state index contributed by atoms with van der Waals surface area (Å²) in [6.45, 7) is 1.71. The lowest BCUT2D eigenvalue weighted by molar-refractivity contribution is -0.142. The molecule has 0 saturated heterocycles. The van der Waals surface area contributed by atoms with Crippen molar-refractivity contribution in [3.05, 3.63) is 28.0 Å². The number of pyridine rings is 1. The first-order chi connectivity index (χ1) is 8.27. The Morgan fingerprint density at radius 3 is 2.61 bits per heavy atom. The van der Waals surface area contributed by atoms with Gasteiger partial charge in [-0.1, -0.05) is 13.3 Å². The van der Waals surface area contributed by atoms with Crippen molar-refractivity contribution in [3.63, 3.8) is 0 Å². The molecule has 7 heteroatoms. The Morgan fingerprint density at radius 1 is 1.56 bits per heavy atom. The normalized spacial score (nSPS) is 13.4. The quantitative estimate of drug-likeness (QED) is 0.915. The molecule has 18 heavy (non-hydrogen) atoms. The third-order valence-electron chi connectivity index (χ3n) is 2.40. The number of alkyl halides is 3. The van der Waals surface area contributed by atoms with Gasteiger partial charge in [0.25, 0.3) is 0 Å². The fourth-order valence-corrected chi connectivity index (χ4v) is 1.95. The predicted octanol–water partition coefficient (Wildman–Crippen LogP) is 3.83.